The predicted molar refractivity (Wildman–Crippen MR) is 220 cm³/mol. The molecule has 0 N–H and O–H groups in total. The van der Waals surface area contributed by atoms with Crippen LogP contribution in [0.2, 0.25) is 0 Å². The van der Waals surface area contributed by atoms with Crippen LogP contribution in [0.4, 0.5) is 0 Å². The molecule has 14 heteroatoms. The van der Waals surface area contributed by atoms with E-state index in [-0.39, 0.29) is 41.4 Å². The van der Waals surface area contributed by atoms with Crippen molar-refractivity contribution >= 4 is 35.8 Å². The van der Waals surface area contributed by atoms with E-state index < -0.39 is 35.8 Å². The lowest BCUT2D eigenvalue weighted by Crippen LogP contribution is -2.15. The van der Waals surface area contributed by atoms with Gasteiger partial charge in [0.1, 0.15) is 28.6 Å². The van der Waals surface area contributed by atoms with E-state index in [1.54, 1.807) is 36.4 Å². The van der Waals surface area contributed by atoms with Gasteiger partial charge in [0.2, 0.25) is 0 Å². The molecular formula is C46H52O14. The van der Waals surface area contributed by atoms with Crippen LogP contribution in [0.3, 0.4) is 0 Å². The van der Waals surface area contributed by atoms with Crippen molar-refractivity contribution in [1.29, 1.82) is 0 Å². The number of carbonyl (C=O) groups excluding carboxylic acids is 6. The van der Waals surface area contributed by atoms with Gasteiger partial charge >= 0.3 is 35.8 Å². The Morgan fingerprint density at radius 1 is 0.400 bits per heavy atom. The zero-order valence-corrected chi connectivity index (χ0v) is 33.7. The minimum Gasteiger partial charge on any atom is -0.494 e. The molecule has 0 aliphatic carbocycles. The van der Waals surface area contributed by atoms with E-state index >= 15 is 0 Å². The van der Waals surface area contributed by atoms with E-state index in [9.17, 15) is 28.8 Å². The van der Waals surface area contributed by atoms with Crippen molar-refractivity contribution in [3.05, 3.63) is 121 Å². The van der Waals surface area contributed by atoms with Crippen molar-refractivity contribution in [2.24, 2.45) is 0 Å². The van der Waals surface area contributed by atoms with Crippen LogP contribution in [-0.4, -0.2) is 75.5 Å². The van der Waals surface area contributed by atoms with E-state index in [1.165, 1.54) is 30.3 Å². The molecule has 3 aromatic carbocycles. The summed E-state index contributed by atoms with van der Waals surface area (Å²) in [5, 5.41) is 0. The van der Waals surface area contributed by atoms with Gasteiger partial charge in [0.05, 0.1) is 50.8 Å². The number of hydrogen-bond donors (Lipinski definition) is 0. The summed E-state index contributed by atoms with van der Waals surface area (Å²) in [7, 11) is 0. The van der Waals surface area contributed by atoms with Gasteiger partial charge in [0.25, 0.3) is 0 Å². The summed E-state index contributed by atoms with van der Waals surface area (Å²) in [5.41, 5.74) is 0.257. The van der Waals surface area contributed by atoms with Gasteiger partial charge in [0.15, 0.2) is 0 Å². The molecule has 0 atom stereocenters. The number of rotatable bonds is 29. The van der Waals surface area contributed by atoms with Crippen molar-refractivity contribution in [2.75, 3.05) is 39.6 Å². The summed E-state index contributed by atoms with van der Waals surface area (Å²) in [4.78, 5) is 73.0. The van der Waals surface area contributed by atoms with Crippen LogP contribution in [-0.2, 0) is 33.3 Å². The van der Waals surface area contributed by atoms with Crippen molar-refractivity contribution in [3.63, 3.8) is 0 Å². The van der Waals surface area contributed by atoms with Crippen molar-refractivity contribution in [2.45, 2.75) is 64.2 Å². The molecule has 0 saturated heterocycles. The quantitative estimate of drug-likeness (QED) is 0.0215. The summed E-state index contributed by atoms with van der Waals surface area (Å²) in [5.74, 6) is -2.73. The van der Waals surface area contributed by atoms with Gasteiger partial charge in [-0.3, -0.25) is 0 Å². The number of ether oxygens (including phenoxy) is 8. The SMILES string of the molecule is C=CC(=O)OCCCCCCOc1ccc(C(=O)Oc2ccc(OC(=O)c3ccc(OCCCCCCOC(=O)C=C)cc3)c(C(=O)OCCCCOC(=O)C=C)c2)cc1. The molecule has 0 heterocycles. The Kier molecular flexibility index (Phi) is 22.1. The molecular weight excluding hydrogens is 776 g/mol. The fourth-order valence-corrected chi connectivity index (χ4v) is 5.16. The lowest BCUT2D eigenvalue weighted by Gasteiger charge is -2.13. The summed E-state index contributed by atoms with van der Waals surface area (Å²) in [6, 6.07) is 16.7. The molecule has 3 rings (SSSR count). The Bertz CT molecular complexity index is 1880. The van der Waals surface area contributed by atoms with Crippen molar-refractivity contribution < 1.29 is 66.7 Å². The third kappa shape index (κ3) is 18.7. The maximum Gasteiger partial charge on any atom is 0.343 e. The summed E-state index contributed by atoms with van der Waals surface area (Å²) in [6.45, 7) is 11.8. The predicted octanol–water partition coefficient (Wildman–Crippen LogP) is 8.13. The first-order valence-corrected chi connectivity index (χ1v) is 19.7. The van der Waals surface area contributed by atoms with E-state index in [4.69, 9.17) is 37.9 Å². The van der Waals surface area contributed by atoms with E-state index in [2.05, 4.69) is 19.7 Å². The third-order valence-corrected chi connectivity index (χ3v) is 8.38. The van der Waals surface area contributed by atoms with Gasteiger partial charge < -0.3 is 37.9 Å². The molecule has 0 aliphatic rings. The van der Waals surface area contributed by atoms with Crippen LogP contribution in [0.1, 0.15) is 95.3 Å². The van der Waals surface area contributed by atoms with Crippen LogP contribution in [0.5, 0.6) is 23.0 Å². The van der Waals surface area contributed by atoms with E-state index in [0.717, 1.165) is 69.6 Å². The molecule has 0 bridgehead atoms. The van der Waals surface area contributed by atoms with Gasteiger partial charge in [-0.15, -0.1) is 0 Å². The van der Waals surface area contributed by atoms with Crippen molar-refractivity contribution in [1.82, 2.24) is 0 Å². The highest BCUT2D eigenvalue weighted by molar-refractivity contribution is 5.97. The maximum absolute atomic E-state index is 13.3. The summed E-state index contributed by atoms with van der Waals surface area (Å²) < 4.78 is 43.0. The average Bonchev–Trinajstić information content (AvgIpc) is 3.26. The highest BCUT2D eigenvalue weighted by Crippen LogP contribution is 2.28. The second kappa shape index (κ2) is 27.9. The lowest BCUT2D eigenvalue weighted by atomic mass is 10.1. The molecule has 0 fully saturated rings. The first-order chi connectivity index (χ1) is 29.1. The largest absolute Gasteiger partial charge is 0.494 e. The Hall–Kier alpha value is -6.70. The van der Waals surface area contributed by atoms with Crippen LogP contribution in [0.15, 0.2) is 105 Å². The molecule has 0 aliphatic heterocycles. The standard InChI is InChI=1S/C46H52O14/c1-4-41(47)55-29-13-9-7-11-27-53-36-21-17-34(18-22-36)44(50)59-38-25-26-40(39(33-38)46(52)58-32-16-15-31-57-43(49)6-3)60-45(51)35-19-23-37(24-20-35)54-28-12-8-10-14-30-56-42(48)5-2/h4-6,17-26,33H,1-3,7-16,27-32H2. The van der Waals surface area contributed by atoms with Crippen LogP contribution in [0.25, 0.3) is 0 Å². The lowest BCUT2D eigenvalue weighted by molar-refractivity contribution is -0.138. The molecule has 0 unspecified atom stereocenters. The van der Waals surface area contributed by atoms with Gasteiger partial charge in [-0.2, -0.15) is 0 Å². The number of benzene rings is 3. The minimum absolute atomic E-state index is 0.000279. The third-order valence-electron chi connectivity index (χ3n) is 8.38. The summed E-state index contributed by atoms with van der Waals surface area (Å²) >= 11 is 0. The highest BCUT2D eigenvalue weighted by atomic mass is 16.6. The Morgan fingerprint density at radius 3 is 1.20 bits per heavy atom. The van der Waals surface area contributed by atoms with Crippen LogP contribution in [0, 0.1) is 0 Å². The van der Waals surface area contributed by atoms with Crippen LogP contribution < -0.4 is 18.9 Å². The number of carbonyl (C=O) groups is 6. The Morgan fingerprint density at radius 2 is 0.767 bits per heavy atom. The van der Waals surface area contributed by atoms with Crippen molar-refractivity contribution in [3.8, 4) is 23.0 Å². The van der Waals surface area contributed by atoms with E-state index in [1.807, 2.05) is 0 Å². The molecule has 0 saturated carbocycles. The fraction of sp³-hybridized carbons (Fsp3) is 0.348. The molecule has 320 valence electrons. The summed E-state index contributed by atoms with van der Waals surface area (Å²) in [6.07, 6.45) is 10.7. The fourth-order valence-electron chi connectivity index (χ4n) is 5.16. The zero-order chi connectivity index (χ0) is 43.4. The van der Waals surface area contributed by atoms with Gasteiger partial charge in [-0.05, 0) is 131 Å². The topological polar surface area (TPSA) is 176 Å². The maximum atomic E-state index is 13.3. The monoisotopic (exact) mass is 828 g/mol. The first kappa shape index (κ1) is 47.7. The van der Waals surface area contributed by atoms with Gasteiger partial charge in [-0.25, -0.2) is 28.8 Å². The molecule has 60 heavy (non-hydrogen) atoms. The second-order valence-corrected chi connectivity index (χ2v) is 13.0. The Labute approximate surface area is 350 Å². The molecule has 3 aromatic rings. The van der Waals surface area contributed by atoms with Gasteiger partial charge in [-0.1, -0.05) is 19.7 Å². The first-order valence-electron chi connectivity index (χ1n) is 19.7. The van der Waals surface area contributed by atoms with E-state index in [0.29, 0.717) is 50.8 Å². The molecule has 0 spiro atoms. The number of esters is 6. The molecule has 14 nitrogen and oxygen atoms in total. The van der Waals surface area contributed by atoms with Crippen LogP contribution >= 0.6 is 0 Å². The molecule has 0 amide bonds. The second-order valence-electron chi connectivity index (χ2n) is 13.0. The molecule has 0 radical (unpaired) electrons. The minimum atomic E-state index is -0.835. The smallest absolute Gasteiger partial charge is 0.343 e. The highest BCUT2D eigenvalue weighted by Gasteiger charge is 2.21. The Balaban J connectivity index is 1.57. The number of unbranched alkanes of at least 4 members (excludes halogenated alkanes) is 7. The average molecular weight is 829 g/mol. The number of hydrogen-bond acceptors (Lipinski definition) is 14. The zero-order valence-electron chi connectivity index (χ0n) is 33.7. The molecule has 0 aromatic heterocycles. The van der Waals surface area contributed by atoms with Gasteiger partial charge in [0, 0.05) is 18.2 Å². The normalized spacial score (nSPS) is 10.3.